The van der Waals surface area contributed by atoms with Gasteiger partial charge in [-0.25, -0.2) is 4.39 Å². The van der Waals surface area contributed by atoms with E-state index >= 15 is 0 Å². The van der Waals surface area contributed by atoms with Crippen molar-refractivity contribution in [3.8, 4) is 0 Å². The Bertz CT molecular complexity index is 971. The van der Waals surface area contributed by atoms with Crippen LogP contribution < -0.4 is 4.80 Å². The minimum absolute atomic E-state index is 0.0567. The second-order valence-electron chi connectivity index (χ2n) is 5.81. The minimum atomic E-state index is -0.371. The average molecular weight is 362 g/mol. The van der Waals surface area contributed by atoms with Crippen LogP contribution in [-0.4, -0.2) is 34.0 Å². The molecule has 0 radical (unpaired) electrons. The van der Waals surface area contributed by atoms with E-state index in [1.807, 2.05) is 18.4 Å². The Morgan fingerprint density at radius 3 is 2.92 bits per heavy atom. The number of halogens is 1. The van der Waals surface area contributed by atoms with Gasteiger partial charge in [0.25, 0.3) is 5.91 Å². The summed E-state index contributed by atoms with van der Waals surface area (Å²) in [7, 11) is 1.61. The number of aromatic nitrogens is 3. The van der Waals surface area contributed by atoms with Crippen LogP contribution in [0.25, 0.3) is 10.2 Å². The topological polar surface area (TPSA) is 61.4 Å². The first kappa shape index (κ1) is 17.5. The lowest BCUT2D eigenvalue weighted by Crippen LogP contribution is -2.20. The van der Waals surface area contributed by atoms with E-state index in [9.17, 15) is 9.18 Å². The number of fused-ring (bicyclic) bond motifs is 1. The maximum Gasteiger partial charge on any atom is 0.297 e. The third-order valence-corrected chi connectivity index (χ3v) is 4.78. The molecule has 0 fully saturated rings. The molecule has 132 valence electrons. The standard InChI is InChI=1S/C17H19FN4O2S/c1-11(2)22-14(6-7-19-22)16(23)20-17-21(8-9-24-3)13-5-4-12(18)10-15(13)25-17/h4-7,10-11H,8-9H2,1-3H3. The normalized spacial score (nSPS) is 12.4. The lowest BCUT2D eigenvalue weighted by atomic mass is 10.3. The molecule has 0 aliphatic heterocycles. The number of ether oxygens (including phenoxy) is 1. The summed E-state index contributed by atoms with van der Waals surface area (Å²) in [5.74, 6) is -0.687. The number of hydrogen-bond donors (Lipinski definition) is 0. The minimum Gasteiger partial charge on any atom is -0.383 e. The highest BCUT2D eigenvalue weighted by molar-refractivity contribution is 7.16. The summed E-state index contributed by atoms with van der Waals surface area (Å²) in [5, 5.41) is 4.17. The summed E-state index contributed by atoms with van der Waals surface area (Å²) >= 11 is 1.28. The zero-order valence-corrected chi connectivity index (χ0v) is 15.1. The van der Waals surface area contributed by atoms with Crippen LogP contribution in [0.2, 0.25) is 0 Å². The molecule has 2 aromatic heterocycles. The third kappa shape index (κ3) is 3.54. The van der Waals surface area contributed by atoms with Crippen molar-refractivity contribution in [2.45, 2.75) is 26.4 Å². The molecule has 0 atom stereocenters. The van der Waals surface area contributed by atoms with Crippen LogP contribution in [0.3, 0.4) is 0 Å². The Kier molecular flexibility index (Phi) is 5.10. The van der Waals surface area contributed by atoms with Crippen LogP contribution in [0.4, 0.5) is 4.39 Å². The van der Waals surface area contributed by atoms with Crippen molar-refractivity contribution < 1.29 is 13.9 Å². The van der Waals surface area contributed by atoms with E-state index in [0.29, 0.717) is 23.6 Å². The van der Waals surface area contributed by atoms with Crippen molar-refractivity contribution in [1.82, 2.24) is 14.3 Å². The molecule has 2 heterocycles. The molecule has 3 aromatic rings. The molecular formula is C17H19FN4O2S. The zero-order chi connectivity index (χ0) is 18.0. The molecule has 1 amide bonds. The van der Waals surface area contributed by atoms with Gasteiger partial charge in [0.2, 0.25) is 0 Å². The van der Waals surface area contributed by atoms with E-state index in [1.165, 1.54) is 23.5 Å². The van der Waals surface area contributed by atoms with Crippen LogP contribution in [0, 0.1) is 5.82 Å². The largest absolute Gasteiger partial charge is 0.383 e. The highest BCUT2D eigenvalue weighted by Gasteiger charge is 2.15. The Morgan fingerprint density at radius 1 is 1.40 bits per heavy atom. The van der Waals surface area contributed by atoms with Gasteiger partial charge in [0.15, 0.2) is 4.80 Å². The van der Waals surface area contributed by atoms with Gasteiger partial charge >= 0.3 is 0 Å². The zero-order valence-electron chi connectivity index (χ0n) is 14.3. The second kappa shape index (κ2) is 7.28. The fraction of sp³-hybridized carbons (Fsp3) is 0.353. The van der Waals surface area contributed by atoms with E-state index in [1.54, 1.807) is 30.1 Å². The number of methoxy groups -OCH3 is 1. The average Bonchev–Trinajstić information content (AvgIpc) is 3.17. The lowest BCUT2D eigenvalue weighted by Gasteiger charge is -2.08. The number of carbonyl (C=O) groups excluding carboxylic acids is 1. The maximum absolute atomic E-state index is 13.5. The van der Waals surface area contributed by atoms with Gasteiger partial charge in [0, 0.05) is 25.9 Å². The number of amides is 1. The summed E-state index contributed by atoms with van der Waals surface area (Å²) in [6, 6.07) is 6.25. The van der Waals surface area contributed by atoms with Crippen molar-refractivity contribution in [2.24, 2.45) is 4.99 Å². The highest BCUT2D eigenvalue weighted by Crippen LogP contribution is 2.19. The number of carbonyl (C=O) groups is 1. The number of thiazole rings is 1. The summed E-state index contributed by atoms with van der Waals surface area (Å²) in [6.07, 6.45) is 1.59. The van der Waals surface area contributed by atoms with E-state index in [2.05, 4.69) is 10.1 Å². The maximum atomic E-state index is 13.5. The molecule has 0 bridgehead atoms. The van der Waals surface area contributed by atoms with Crippen molar-refractivity contribution in [1.29, 1.82) is 0 Å². The second-order valence-corrected chi connectivity index (χ2v) is 6.82. The summed E-state index contributed by atoms with van der Waals surface area (Å²) in [4.78, 5) is 17.4. The monoisotopic (exact) mass is 362 g/mol. The molecule has 3 rings (SSSR count). The van der Waals surface area contributed by atoms with Crippen molar-refractivity contribution in [2.75, 3.05) is 13.7 Å². The van der Waals surface area contributed by atoms with Crippen LogP contribution in [0.15, 0.2) is 35.5 Å². The number of benzene rings is 1. The fourth-order valence-electron chi connectivity index (χ4n) is 2.57. The summed E-state index contributed by atoms with van der Waals surface area (Å²) in [5.41, 5.74) is 1.25. The van der Waals surface area contributed by atoms with Gasteiger partial charge in [-0.3, -0.25) is 9.48 Å². The molecule has 25 heavy (non-hydrogen) atoms. The summed E-state index contributed by atoms with van der Waals surface area (Å²) in [6.45, 7) is 4.89. The predicted molar refractivity (Wildman–Crippen MR) is 94.2 cm³/mol. The van der Waals surface area contributed by atoms with Gasteiger partial charge in [-0.15, -0.1) is 0 Å². The Balaban J connectivity index is 2.11. The van der Waals surface area contributed by atoms with Crippen molar-refractivity contribution >= 4 is 27.5 Å². The molecule has 0 aliphatic carbocycles. The van der Waals surface area contributed by atoms with Gasteiger partial charge in [-0.2, -0.15) is 10.1 Å². The van der Waals surface area contributed by atoms with Gasteiger partial charge in [-0.1, -0.05) is 11.3 Å². The Morgan fingerprint density at radius 2 is 2.20 bits per heavy atom. The predicted octanol–water partition coefficient (Wildman–Crippen LogP) is 3.01. The molecular weight excluding hydrogens is 343 g/mol. The van der Waals surface area contributed by atoms with E-state index < -0.39 is 0 Å². The molecule has 0 saturated heterocycles. The lowest BCUT2D eigenvalue weighted by molar-refractivity contribution is 0.0985. The van der Waals surface area contributed by atoms with E-state index in [4.69, 9.17) is 4.74 Å². The van der Waals surface area contributed by atoms with E-state index in [-0.39, 0.29) is 17.8 Å². The number of rotatable bonds is 5. The molecule has 8 heteroatoms. The fourth-order valence-corrected chi connectivity index (χ4v) is 3.65. The first-order valence-electron chi connectivity index (χ1n) is 7.91. The number of hydrogen-bond acceptors (Lipinski definition) is 4. The van der Waals surface area contributed by atoms with Crippen molar-refractivity contribution in [3.05, 3.63) is 46.8 Å². The van der Waals surface area contributed by atoms with Gasteiger partial charge < -0.3 is 9.30 Å². The van der Waals surface area contributed by atoms with Crippen LogP contribution in [-0.2, 0) is 11.3 Å². The van der Waals surface area contributed by atoms with Gasteiger partial charge in [0.05, 0.1) is 16.8 Å². The third-order valence-electron chi connectivity index (χ3n) is 3.74. The highest BCUT2D eigenvalue weighted by atomic mass is 32.1. The van der Waals surface area contributed by atoms with Gasteiger partial charge in [0.1, 0.15) is 11.5 Å². The van der Waals surface area contributed by atoms with Crippen LogP contribution >= 0.6 is 11.3 Å². The quantitative estimate of drug-likeness (QED) is 0.701. The summed E-state index contributed by atoms with van der Waals surface area (Å²) < 4.78 is 22.9. The molecule has 0 saturated carbocycles. The SMILES string of the molecule is COCCn1c(=NC(=O)c2ccnn2C(C)C)sc2cc(F)ccc21. The molecule has 1 aromatic carbocycles. The van der Waals surface area contributed by atoms with Crippen molar-refractivity contribution in [3.63, 3.8) is 0 Å². The first-order chi connectivity index (χ1) is 12.0. The smallest absolute Gasteiger partial charge is 0.297 e. The van der Waals surface area contributed by atoms with E-state index in [0.717, 1.165) is 10.2 Å². The van der Waals surface area contributed by atoms with Crippen LogP contribution in [0.5, 0.6) is 0 Å². The number of nitrogens with zero attached hydrogens (tertiary/aromatic N) is 4. The Labute approximate surface area is 148 Å². The molecule has 0 aliphatic rings. The molecule has 0 unspecified atom stereocenters. The van der Waals surface area contributed by atoms with Gasteiger partial charge in [-0.05, 0) is 38.1 Å². The molecule has 0 spiro atoms. The Hall–Kier alpha value is -2.32. The first-order valence-corrected chi connectivity index (χ1v) is 8.73. The molecule has 0 N–H and O–H groups in total. The molecule has 6 nitrogen and oxygen atoms in total. The van der Waals surface area contributed by atoms with Crippen LogP contribution in [0.1, 0.15) is 30.4 Å².